The molecule has 1 fully saturated rings. The number of methoxy groups -OCH3 is 1. The highest BCUT2D eigenvalue weighted by Crippen LogP contribution is 2.26. The van der Waals surface area contributed by atoms with Crippen LogP contribution in [0.1, 0.15) is 29.6 Å². The number of aromatic nitrogens is 2. The van der Waals surface area contributed by atoms with Crippen LogP contribution in [0.2, 0.25) is 0 Å². The molecule has 7 nitrogen and oxygen atoms in total. The minimum atomic E-state index is -0.180. The van der Waals surface area contributed by atoms with Gasteiger partial charge in [-0.15, -0.1) is 0 Å². The molecule has 0 radical (unpaired) electrons. The average molecular weight is 418 g/mol. The van der Waals surface area contributed by atoms with Gasteiger partial charge in [-0.2, -0.15) is 5.10 Å². The molecule has 1 aliphatic heterocycles. The van der Waals surface area contributed by atoms with Crippen LogP contribution in [0.15, 0.2) is 60.8 Å². The fourth-order valence-corrected chi connectivity index (χ4v) is 3.72. The Morgan fingerprint density at radius 2 is 1.90 bits per heavy atom. The molecule has 4 rings (SSSR count). The molecule has 2 amide bonds. The van der Waals surface area contributed by atoms with E-state index in [2.05, 4.69) is 5.32 Å². The van der Waals surface area contributed by atoms with Crippen LogP contribution in [-0.4, -0.2) is 53.2 Å². The van der Waals surface area contributed by atoms with E-state index in [9.17, 15) is 9.59 Å². The highest BCUT2D eigenvalue weighted by molar-refractivity contribution is 6.00. The van der Waals surface area contributed by atoms with E-state index in [4.69, 9.17) is 9.84 Å². The lowest BCUT2D eigenvalue weighted by atomic mass is 10.1. The van der Waals surface area contributed by atoms with Crippen LogP contribution in [0.4, 0.5) is 0 Å². The normalized spacial score (nSPS) is 13.5. The minimum absolute atomic E-state index is 0.180. The van der Waals surface area contributed by atoms with E-state index in [1.807, 2.05) is 59.5 Å². The molecule has 3 aromatic rings. The second-order valence-electron chi connectivity index (χ2n) is 7.49. The largest absolute Gasteiger partial charge is 0.497 e. The van der Waals surface area contributed by atoms with Crippen LogP contribution in [0.5, 0.6) is 5.75 Å². The lowest BCUT2D eigenvalue weighted by Gasteiger charge is -2.15. The van der Waals surface area contributed by atoms with Crippen LogP contribution < -0.4 is 10.1 Å². The molecule has 0 saturated carbocycles. The van der Waals surface area contributed by atoms with Gasteiger partial charge in [0, 0.05) is 37.8 Å². The van der Waals surface area contributed by atoms with Gasteiger partial charge in [-0.3, -0.25) is 9.59 Å². The zero-order valence-corrected chi connectivity index (χ0v) is 17.6. The number of para-hydroxylation sites is 1. The maximum Gasteiger partial charge on any atom is 0.255 e. The van der Waals surface area contributed by atoms with E-state index in [1.165, 1.54) is 0 Å². The van der Waals surface area contributed by atoms with Crippen molar-refractivity contribution in [3.63, 3.8) is 0 Å². The first-order valence-corrected chi connectivity index (χ1v) is 10.5. The number of nitrogens with one attached hydrogen (secondary N) is 1. The van der Waals surface area contributed by atoms with Crippen molar-refractivity contribution >= 4 is 11.8 Å². The first kappa shape index (κ1) is 20.7. The van der Waals surface area contributed by atoms with Crippen LogP contribution in [0.25, 0.3) is 16.9 Å². The molecule has 0 atom stereocenters. The molecule has 7 heteroatoms. The molecule has 0 spiro atoms. The molecule has 1 aliphatic rings. The van der Waals surface area contributed by atoms with Crippen molar-refractivity contribution in [2.45, 2.75) is 19.3 Å². The van der Waals surface area contributed by atoms with Gasteiger partial charge in [-0.05, 0) is 49.2 Å². The Labute approximate surface area is 181 Å². The summed E-state index contributed by atoms with van der Waals surface area (Å²) >= 11 is 0. The molecular weight excluding hydrogens is 392 g/mol. The summed E-state index contributed by atoms with van der Waals surface area (Å²) in [6.07, 6.45) is 4.04. The van der Waals surface area contributed by atoms with Crippen molar-refractivity contribution in [2.24, 2.45) is 0 Å². The maximum atomic E-state index is 13.0. The Kier molecular flexibility index (Phi) is 6.31. The predicted molar refractivity (Wildman–Crippen MR) is 118 cm³/mol. The topological polar surface area (TPSA) is 76.5 Å². The van der Waals surface area contributed by atoms with Gasteiger partial charge in [0.1, 0.15) is 11.4 Å². The highest BCUT2D eigenvalue weighted by Gasteiger charge is 2.21. The number of benzene rings is 2. The third-order valence-corrected chi connectivity index (χ3v) is 5.40. The van der Waals surface area contributed by atoms with Gasteiger partial charge in [0.05, 0.1) is 18.4 Å². The van der Waals surface area contributed by atoms with Gasteiger partial charge < -0.3 is 15.0 Å². The number of carbonyl (C=O) groups is 2. The van der Waals surface area contributed by atoms with Crippen LogP contribution >= 0.6 is 0 Å². The van der Waals surface area contributed by atoms with Crippen molar-refractivity contribution in [1.82, 2.24) is 20.0 Å². The number of amides is 2. The predicted octanol–water partition coefficient (Wildman–Crippen LogP) is 3.29. The van der Waals surface area contributed by atoms with Crippen molar-refractivity contribution in [3.05, 3.63) is 66.4 Å². The Morgan fingerprint density at radius 3 is 2.58 bits per heavy atom. The van der Waals surface area contributed by atoms with Gasteiger partial charge in [0.15, 0.2) is 0 Å². The molecule has 2 aromatic carbocycles. The molecule has 160 valence electrons. The fourth-order valence-electron chi connectivity index (χ4n) is 3.72. The second-order valence-corrected chi connectivity index (χ2v) is 7.49. The highest BCUT2D eigenvalue weighted by atomic mass is 16.5. The SMILES string of the molecule is COc1ccc(-c2nn(-c3ccccc3)cc2C(=O)NCCCN2CCCC2=O)cc1. The van der Waals surface area contributed by atoms with Gasteiger partial charge in [0.2, 0.25) is 5.91 Å². The number of rotatable bonds is 8. The Bertz CT molecular complexity index is 1040. The molecule has 1 aromatic heterocycles. The summed E-state index contributed by atoms with van der Waals surface area (Å²) in [4.78, 5) is 26.6. The fraction of sp³-hybridized carbons (Fsp3) is 0.292. The third kappa shape index (κ3) is 4.77. The number of hydrogen-bond acceptors (Lipinski definition) is 4. The van der Waals surface area contributed by atoms with Gasteiger partial charge >= 0.3 is 0 Å². The number of nitrogens with zero attached hydrogens (tertiary/aromatic N) is 3. The van der Waals surface area contributed by atoms with E-state index in [-0.39, 0.29) is 11.8 Å². The van der Waals surface area contributed by atoms with Gasteiger partial charge in [-0.25, -0.2) is 4.68 Å². The quantitative estimate of drug-likeness (QED) is 0.570. The lowest BCUT2D eigenvalue weighted by molar-refractivity contribution is -0.127. The summed E-state index contributed by atoms with van der Waals surface area (Å²) in [5.74, 6) is 0.770. The minimum Gasteiger partial charge on any atom is -0.497 e. The van der Waals surface area contributed by atoms with E-state index < -0.39 is 0 Å². The van der Waals surface area contributed by atoms with Crippen molar-refractivity contribution in [2.75, 3.05) is 26.7 Å². The Balaban J connectivity index is 1.52. The first-order chi connectivity index (χ1) is 15.2. The molecule has 31 heavy (non-hydrogen) atoms. The van der Waals surface area contributed by atoms with E-state index >= 15 is 0 Å². The Morgan fingerprint density at radius 1 is 1.13 bits per heavy atom. The molecule has 1 saturated heterocycles. The molecule has 0 aliphatic carbocycles. The number of likely N-dealkylation sites (tertiary alicyclic amines) is 1. The number of hydrogen-bond donors (Lipinski definition) is 1. The first-order valence-electron chi connectivity index (χ1n) is 10.5. The summed E-state index contributed by atoms with van der Waals surface area (Å²) in [7, 11) is 1.62. The summed E-state index contributed by atoms with van der Waals surface area (Å²) in [6, 6.07) is 17.2. The monoisotopic (exact) mass is 418 g/mol. The van der Waals surface area contributed by atoms with E-state index in [0.29, 0.717) is 30.8 Å². The Hall–Kier alpha value is -3.61. The van der Waals surface area contributed by atoms with Crippen LogP contribution in [0.3, 0.4) is 0 Å². The second kappa shape index (κ2) is 9.47. The zero-order chi connectivity index (χ0) is 21.6. The van der Waals surface area contributed by atoms with Crippen LogP contribution in [0, 0.1) is 0 Å². The van der Waals surface area contributed by atoms with Crippen molar-refractivity contribution < 1.29 is 14.3 Å². The standard InChI is InChI=1S/C24H26N4O3/c1-31-20-12-10-18(11-13-20)23-21(17-28(26-23)19-7-3-2-4-8-19)24(30)25-14-6-16-27-15-5-9-22(27)29/h2-4,7-8,10-13,17H,5-6,9,14-16H2,1H3,(H,25,30). The summed E-state index contributed by atoms with van der Waals surface area (Å²) < 4.78 is 6.96. The summed E-state index contributed by atoms with van der Waals surface area (Å²) in [5, 5.41) is 7.67. The zero-order valence-electron chi connectivity index (χ0n) is 17.6. The summed E-state index contributed by atoms with van der Waals surface area (Å²) in [6.45, 7) is 1.99. The van der Waals surface area contributed by atoms with Crippen molar-refractivity contribution in [1.29, 1.82) is 0 Å². The molecule has 1 N–H and O–H groups in total. The van der Waals surface area contributed by atoms with Crippen LogP contribution in [-0.2, 0) is 4.79 Å². The van der Waals surface area contributed by atoms with Gasteiger partial charge in [-0.1, -0.05) is 18.2 Å². The smallest absolute Gasteiger partial charge is 0.255 e. The van der Waals surface area contributed by atoms with E-state index in [1.54, 1.807) is 18.0 Å². The van der Waals surface area contributed by atoms with Crippen molar-refractivity contribution in [3.8, 4) is 22.7 Å². The van der Waals surface area contributed by atoms with E-state index in [0.717, 1.165) is 36.4 Å². The molecule has 0 unspecified atom stereocenters. The maximum absolute atomic E-state index is 13.0. The molecule has 2 heterocycles. The molecular formula is C24H26N4O3. The third-order valence-electron chi connectivity index (χ3n) is 5.40. The van der Waals surface area contributed by atoms with Gasteiger partial charge in [0.25, 0.3) is 5.91 Å². The number of carbonyl (C=O) groups excluding carboxylic acids is 2. The average Bonchev–Trinajstić information content (AvgIpc) is 3.44. The molecule has 0 bridgehead atoms. The lowest BCUT2D eigenvalue weighted by Crippen LogP contribution is -2.30. The summed E-state index contributed by atoms with van der Waals surface area (Å²) in [5.41, 5.74) is 2.83. The number of ether oxygens (including phenoxy) is 1.